The van der Waals surface area contributed by atoms with Gasteiger partial charge in [0.1, 0.15) is 16.9 Å². The zero-order valence-electron chi connectivity index (χ0n) is 18.2. The van der Waals surface area contributed by atoms with E-state index in [1.807, 2.05) is 32.9 Å². The van der Waals surface area contributed by atoms with E-state index in [9.17, 15) is 23.2 Å². The number of carbonyl (C=O) groups is 1. The van der Waals surface area contributed by atoms with E-state index in [4.69, 9.17) is 0 Å². The second kappa shape index (κ2) is 8.56. The number of rotatable bonds is 4. The van der Waals surface area contributed by atoms with Crippen LogP contribution >= 0.6 is 11.3 Å². The number of carbonyl (C=O) groups excluding carboxylic acids is 1. The van der Waals surface area contributed by atoms with Crippen LogP contribution < -0.4 is 10.6 Å². The van der Waals surface area contributed by atoms with Crippen molar-refractivity contribution in [2.75, 3.05) is 10.6 Å². The van der Waals surface area contributed by atoms with Crippen molar-refractivity contribution in [2.45, 2.75) is 51.9 Å². The number of hydrogen-bond acceptors (Lipinski definition) is 5. The Balaban J connectivity index is 1.66. The maximum atomic E-state index is 13.9. The topological polar surface area (TPSA) is 82.7 Å². The van der Waals surface area contributed by atoms with Crippen molar-refractivity contribution in [1.82, 2.24) is 9.78 Å². The number of halogens is 3. The summed E-state index contributed by atoms with van der Waals surface area (Å²) in [4.78, 5) is 13.8. The summed E-state index contributed by atoms with van der Waals surface area (Å²) in [5, 5.41) is 19.6. The van der Waals surface area contributed by atoms with Crippen LogP contribution in [0.15, 0.2) is 30.3 Å². The number of benzene rings is 1. The van der Waals surface area contributed by atoms with E-state index in [0.717, 1.165) is 26.2 Å². The molecule has 2 atom stereocenters. The van der Waals surface area contributed by atoms with Crippen molar-refractivity contribution in [3.8, 4) is 6.07 Å². The fourth-order valence-electron chi connectivity index (χ4n) is 4.08. The Labute approximate surface area is 193 Å². The summed E-state index contributed by atoms with van der Waals surface area (Å²) < 4.78 is 42.5. The largest absolute Gasteiger partial charge is 0.410 e. The van der Waals surface area contributed by atoms with Crippen LogP contribution in [-0.4, -0.2) is 21.9 Å². The number of thiophene rings is 1. The van der Waals surface area contributed by atoms with E-state index in [0.29, 0.717) is 17.0 Å². The lowest BCUT2D eigenvalue weighted by atomic mass is 9.96. The Kier molecular flexibility index (Phi) is 5.93. The molecule has 4 rings (SSSR count). The second-order valence-corrected chi connectivity index (χ2v) is 9.25. The van der Waals surface area contributed by atoms with Crippen LogP contribution in [-0.2, 0) is 6.42 Å². The van der Waals surface area contributed by atoms with Crippen LogP contribution in [0, 0.1) is 25.2 Å². The first kappa shape index (κ1) is 22.9. The number of hydrogen-bond donors (Lipinski definition) is 2. The average molecular weight is 474 g/mol. The third-order valence-electron chi connectivity index (χ3n) is 5.80. The Hall–Kier alpha value is -3.32. The maximum absolute atomic E-state index is 13.9. The highest BCUT2D eigenvalue weighted by Gasteiger charge is 2.46. The summed E-state index contributed by atoms with van der Waals surface area (Å²) in [6.45, 7) is 5.68. The van der Waals surface area contributed by atoms with Gasteiger partial charge in [0.2, 0.25) is 0 Å². The molecular formula is C23H22F3N5OS. The van der Waals surface area contributed by atoms with Gasteiger partial charge in [-0.3, -0.25) is 4.79 Å². The number of anilines is 2. The molecule has 6 nitrogen and oxygen atoms in total. The molecule has 0 bridgehead atoms. The minimum absolute atomic E-state index is 0.122. The highest BCUT2D eigenvalue weighted by molar-refractivity contribution is 7.16. The normalized spacial score (nSPS) is 17.7. The molecule has 0 radical (unpaired) electrons. The smallest absolute Gasteiger partial charge is 0.363 e. The van der Waals surface area contributed by atoms with Crippen molar-refractivity contribution in [3.63, 3.8) is 0 Å². The number of nitriles is 1. The second-order valence-electron chi connectivity index (χ2n) is 8.02. The highest BCUT2D eigenvalue weighted by atomic mass is 32.1. The Morgan fingerprint density at radius 2 is 2.03 bits per heavy atom. The zero-order chi connectivity index (χ0) is 23.9. The van der Waals surface area contributed by atoms with Gasteiger partial charge in [-0.1, -0.05) is 36.8 Å². The third kappa shape index (κ3) is 4.33. The average Bonchev–Trinajstić information content (AvgIpc) is 3.32. The molecular weight excluding hydrogens is 451 g/mol. The Morgan fingerprint density at radius 1 is 1.33 bits per heavy atom. The van der Waals surface area contributed by atoms with Gasteiger partial charge < -0.3 is 10.6 Å². The van der Waals surface area contributed by atoms with Gasteiger partial charge in [-0.2, -0.15) is 23.5 Å². The van der Waals surface area contributed by atoms with Crippen LogP contribution in [0.4, 0.5) is 24.0 Å². The van der Waals surface area contributed by atoms with E-state index < -0.39 is 24.2 Å². The molecule has 0 saturated heterocycles. The lowest BCUT2D eigenvalue weighted by Crippen LogP contribution is -2.35. The van der Waals surface area contributed by atoms with Crippen LogP contribution in [0.3, 0.4) is 0 Å². The highest BCUT2D eigenvalue weighted by Crippen LogP contribution is 2.43. The first-order valence-electron chi connectivity index (χ1n) is 10.5. The first-order chi connectivity index (χ1) is 15.6. The van der Waals surface area contributed by atoms with Gasteiger partial charge >= 0.3 is 6.18 Å². The molecule has 0 fully saturated rings. The van der Waals surface area contributed by atoms with Crippen molar-refractivity contribution in [3.05, 3.63) is 63.2 Å². The minimum atomic E-state index is -4.53. The number of nitrogens with zero attached hydrogens (tertiary/aromatic N) is 3. The molecule has 3 aromatic rings. The van der Waals surface area contributed by atoms with E-state index in [1.165, 1.54) is 17.4 Å². The monoisotopic (exact) mass is 473 g/mol. The summed E-state index contributed by atoms with van der Waals surface area (Å²) in [5.74, 6) is -0.539. The van der Waals surface area contributed by atoms with Crippen molar-refractivity contribution in [2.24, 2.45) is 0 Å². The molecule has 2 aromatic heterocycles. The molecule has 10 heteroatoms. The molecule has 1 aliphatic heterocycles. The maximum Gasteiger partial charge on any atom is 0.410 e. The molecule has 0 unspecified atom stereocenters. The summed E-state index contributed by atoms with van der Waals surface area (Å²) in [5.41, 5.74) is 2.82. The van der Waals surface area contributed by atoms with Crippen molar-refractivity contribution in [1.29, 1.82) is 5.26 Å². The molecule has 1 aromatic carbocycles. The fraction of sp³-hybridized carbons (Fsp3) is 0.348. The van der Waals surface area contributed by atoms with Gasteiger partial charge in [-0.15, -0.1) is 11.3 Å². The van der Waals surface area contributed by atoms with Gasteiger partial charge in [0.05, 0.1) is 11.6 Å². The predicted octanol–water partition coefficient (Wildman–Crippen LogP) is 5.91. The minimum Gasteiger partial charge on any atom is -0.363 e. The van der Waals surface area contributed by atoms with Gasteiger partial charge in [0, 0.05) is 17.4 Å². The number of aryl methyl sites for hydroxylation is 2. The molecule has 33 heavy (non-hydrogen) atoms. The van der Waals surface area contributed by atoms with Crippen molar-refractivity contribution >= 4 is 28.1 Å². The number of nitrogens with one attached hydrogen (secondary N) is 2. The predicted molar refractivity (Wildman–Crippen MR) is 121 cm³/mol. The summed E-state index contributed by atoms with van der Waals surface area (Å²) in [6, 6.07) is 8.29. The molecule has 3 heterocycles. The van der Waals surface area contributed by atoms with E-state index >= 15 is 0 Å². The summed E-state index contributed by atoms with van der Waals surface area (Å²) in [6.07, 6.45) is -4.14. The quantitative estimate of drug-likeness (QED) is 0.494. The Bertz CT molecular complexity index is 1240. The molecule has 2 N–H and O–H groups in total. The standard InChI is InChI=1S/C23H22F3N5OS/c1-4-15-13(3)33-22(16(15)11-27)29-21(32)18-10-20-28-17(14-7-5-12(2)6-8-14)9-19(23(24,25)26)31(20)30-18/h5-8,10,17,19,28H,4,9H2,1-3H3,(H,29,32)/t17-,19-/m0/s1. The molecule has 0 saturated carbocycles. The van der Waals surface area contributed by atoms with Crippen LogP contribution in [0.5, 0.6) is 0 Å². The lowest BCUT2D eigenvalue weighted by molar-refractivity contribution is -0.173. The first-order valence-corrected chi connectivity index (χ1v) is 11.3. The number of aromatic nitrogens is 2. The van der Waals surface area contributed by atoms with Gasteiger partial charge in [0.25, 0.3) is 5.91 Å². The summed E-state index contributed by atoms with van der Waals surface area (Å²) >= 11 is 1.27. The van der Waals surface area contributed by atoms with Gasteiger partial charge in [-0.05, 0) is 31.4 Å². The third-order valence-corrected chi connectivity index (χ3v) is 6.87. The van der Waals surface area contributed by atoms with Crippen LogP contribution in [0.2, 0.25) is 0 Å². The SMILES string of the molecule is CCc1c(C)sc(NC(=O)c2cc3n(n2)[C@H](C(F)(F)F)C[C@@H](c2ccc(C)cc2)N3)c1C#N. The Morgan fingerprint density at radius 3 is 2.64 bits per heavy atom. The number of amides is 1. The lowest BCUT2D eigenvalue weighted by Gasteiger charge is -2.33. The van der Waals surface area contributed by atoms with Crippen molar-refractivity contribution < 1.29 is 18.0 Å². The van der Waals surface area contributed by atoms with E-state index in [2.05, 4.69) is 21.8 Å². The molecule has 0 spiro atoms. The number of fused-ring (bicyclic) bond motifs is 1. The number of alkyl halides is 3. The molecule has 1 amide bonds. The van der Waals surface area contributed by atoms with Crippen LogP contribution in [0.25, 0.3) is 0 Å². The fourth-order valence-corrected chi connectivity index (χ4v) is 5.17. The molecule has 0 aliphatic carbocycles. The summed E-state index contributed by atoms with van der Waals surface area (Å²) in [7, 11) is 0. The van der Waals surface area contributed by atoms with E-state index in [-0.39, 0.29) is 17.9 Å². The molecule has 1 aliphatic rings. The molecule has 172 valence electrons. The van der Waals surface area contributed by atoms with E-state index in [1.54, 1.807) is 12.1 Å². The zero-order valence-corrected chi connectivity index (χ0v) is 19.1. The van der Waals surface area contributed by atoms with Gasteiger partial charge in [-0.25, -0.2) is 4.68 Å². The van der Waals surface area contributed by atoms with Crippen LogP contribution in [0.1, 0.15) is 63.0 Å². The van der Waals surface area contributed by atoms with Gasteiger partial charge in [0.15, 0.2) is 11.7 Å².